The topological polar surface area (TPSA) is 127 Å². The van der Waals surface area contributed by atoms with Crippen LogP contribution in [0.4, 0.5) is 0 Å². The Labute approximate surface area is 224 Å². The summed E-state index contributed by atoms with van der Waals surface area (Å²) in [6.45, 7) is 3.86. The third-order valence-corrected chi connectivity index (χ3v) is 9.41. The zero-order valence-corrected chi connectivity index (χ0v) is 22.2. The van der Waals surface area contributed by atoms with Crippen LogP contribution in [0.15, 0.2) is 59.6 Å². The molecule has 0 atom stereocenters. The molecule has 38 heavy (non-hydrogen) atoms. The second-order valence-electron chi connectivity index (χ2n) is 9.57. The molecule has 2 aromatic carbocycles. The van der Waals surface area contributed by atoms with Crippen molar-refractivity contribution in [3.05, 3.63) is 66.0 Å². The molecule has 1 saturated heterocycles. The van der Waals surface area contributed by atoms with Gasteiger partial charge in [0, 0.05) is 32.4 Å². The SMILES string of the molecule is [B]CCCCn1cc(CN2CCC(C(=O)NO)(S(=O)(=O)c3ccc(Oc4ccc(C)cc4)cc3)CC2)nn1. The largest absolute Gasteiger partial charge is 0.457 e. The number of amides is 1. The molecule has 0 aliphatic carbocycles. The minimum atomic E-state index is -4.13. The van der Waals surface area contributed by atoms with Crippen LogP contribution in [0, 0.1) is 6.92 Å². The Kier molecular flexibility index (Phi) is 8.85. The number of carbonyl (C=O) groups is 1. The molecule has 0 saturated carbocycles. The summed E-state index contributed by atoms with van der Waals surface area (Å²) < 4.78 is 33.3. The van der Waals surface area contributed by atoms with Gasteiger partial charge < -0.3 is 4.74 Å². The van der Waals surface area contributed by atoms with Crippen molar-refractivity contribution in [2.24, 2.45) is 0 Å². The molecule has 2 heterocycles. The molecular weight excluding hydrogens is 505 g/mol. The van der Waals surface area contributed by atoms with Crippen molar-refractivity contribution >= 4 is 23.6 Å². The lowest BCUT2D eigenvalue weighted by atomic mass is 9.94. The van der Waals surface area contributed by atoms with Crippen molar-refractivity contribution in [3.8, 4) is 11.5 Å². The van der Waals surface area contributed by atoms with Crippen LogP contribution in [0.5, 0.6) is 11.5 Å². The summed E-state index contributed by atoms with van der Waals surface area (Å²) in [4.78, 5) is 14.8. The van der Waals surface area contributed by atoms with Crippen molar-refractivity contribution < 1.29 is 23.2 Å². The molecule has 10 nitrogen and oxygen atoms in total. The first-order valence-electron chi connectivity index (χ1n) is 12.6. The van der Waals surface area contributed by atoms with E-state index in [0.717, 1.165) is 30.6 Å². The fraction of sp³-hybridized carbons (Fsp3) is 0.423. The van der Waals surface area contributed by atoms with Gasteiger partial charge >= 0.3 is 0 Å². The van der Waals surface area contributed by atoms with Gasteiger partial charge in [-0.05, 0) is 62.6 Å². The second-order valence-corrected chi connectivity index (χ2v) is 11.8. The van der Waals surface area contributed by atoms with Crippen LogP contribution in [0.1, 0.15) is 36.9 Å². The molecule has 1 aromatic heterocycles. The maximum atomic E-state index is 13.7. The first-order chi connectivity index (χ1) is 18.3. The molecule has 2 N–H and O–H groups in total. The Balaban J connectivity index is 1.45. The standard InChI is InChI=1S/C26H32BN5O5S/c1-20-4-6-22(7-5-20)37-23-8-10-24(11-9-23)38(35,36)26(25(33)29-34)12-16-31(17-13-26)18-21-19-32(30-28-21)15-3-2-14-27/h4-11,19,34H,2-3,12-18H2,1H3,(H,29,33). The normalized spacial score (nSPS) is 15.7. The molecule has 1 aliphatic rings. The van der Waals surface area contributed by atoms with Gasteiger partial charge in [-0.2, -0.15) is 0 Å². The van der Waals surface area contributed by atoms with Crippen LogP contribution in [0.3, 0.4) is 0 Å². The molecule has 0 spiro atoms. The number of ether oxygens (including phenoxy) is 1. The van der Waals surface area contributed by atoms with Crippen molar-refractivity contribution in [2.75, 3.05) is 13.1 Å². The van der Waals surface area contributed by atoms with Crippen LogP contribution in [-0.4, -0.2) is 65.1 Å². The summed E-state index contributed by atoms with van der Waals surface area (Å²) in [7, 11) is 1.41. The van der Waals surface area contributed by atoms with E-state index in [1.165, 1.54) is 12.1 Å². The van der Waals surface area contributed by atoms with E-state index in [0.29, 0.717) is 37.5 Å². The molecule has 4 rings (SSSR count). The lowest BCUT2D eigenvalue weighted by Gasteiger charge is -2.39. The highest BCUT2D eigenvalue weighted by atomic mass is 32.2. The average molecular weight is 537 g/mol. The summed E-state index contributed by atoms with van der Waals surface area (Å²) >= 11 is 0. The molecule has 0 bridgehead atoms. The summed E-state index contributed by atoms with van der Waals surface area (Å²) in [6.07, 6.45) is 4.37. The van der Waals surface area contributed by atoms with Crippen molar-refractivity contribution in [2.45, 2.75) is 61.7 Å². The molecule has 12 heteroatoms. The number of aryl methyl sites for hydroxylation is 2. The lowest BCUT2D eigenvalue weighted by Crippen LogP contribution is -2.57. The van der Waals surface area contributed by atoms with E-state index in [4.69, 9.17) is 12.6 Å². The summed E-state index contributed by atoms with van der Waals surface area (Å²) in [5, 5.41) is 17.8. The summed E-state index contributed by atoms with van der Waals surface area (Å²) in [5.41, 5.74) is 3.46. The number of nitrogens with zero attached hydrogens (tertiary/aromatic N) is 4. The smallest absolute Gasteiger partial charge is 0.265 e. The first-order valence-corrected chi connectivity index (χ1v) is 14.1. The van der Waals surface area contributed by atoms with Crippen molar-refractivity contribution in [3.63, 3.8) is 0 Å². The van der Waals surface area contributed by atoms with E-state index in [-0.39, 0.29) is 17.7 Å². The highest BCUT2D eigenvalue weighted by molar-refractivity contribution is 7.93. The zero-order chi connectivity index (χ0) is 27.2. The number of hydroxylamine groups is 1. The maximum absolute atomic E-state index is 13.7. The number of likely N-dealkylation sites (tertiary alicyclic amines) is 1. The molecule has 1 aliphatic heterocycles. The van der Waals surface area contributed by atoms with Crippen LogP contribution >= 0.6 is 0 Å². The number of benzene rings is 2. The van der Waals surface area contributed by atoms with Gasteiger partial charge in [-0.3, -0.25) is 19.6 Å². The molecule has 1 amide bonds. The van der Waals surface area contributed by atoms with Crippen LogP contribution in [0.25, 0.3) is 0 Å². The number of sulfone groups is 1. The van der Waals surface area contributed by atoms with Gasteiger partial charge in [0.1, 0.15) is 11.5 Å². The molecular formula is C26H32BN5O5S. The lowest BCUT2D eigenvalue weighted by molar-refractivity contribution is -0.133. The number of piperidine rings is 1. The van der Waals surface area contributed by atoms with E-state index >= 15 is 0 Å². The minimum Gasteiger partial charge on any atom is -0.457 e. The van der Waals surface area contributed by atoms with Gasteiger partial charge in [0.15, 0.2) is 14.6 Å². The zero-order valence-electron chi connectivity index (χ0n) is 21.4. The average Bonchev–Trinajstić information content (AvgIpc) is 3.37. The van der Waals surface area contributed by atoms with Gasteiger partial charge in [0.25, 0.3) is 5.91 Å². The quantitative estimate of drug-likeness (QED) is 0.165. The van der Waals surface area contributed by atoms with E-state index in [9.17, 15) is 18.4 Å². The van der Waals surface area contributed by atoms with Gasteiger partial charge in [-0.25, -0.2) is 13.9 Å². The van der Waals surface area contributed by atoms with Crippen LogP contribution in [0.2, 0.25) is 6.32 Å². The summed E-state index contributed by atoms with van der Waals surface area (Å²) in [5.74, 6) is 0.174. The molecule has 2 radical (unpaired) electrons. The maximum Gasteiger partial charge on any atom is 0.265 e. The highest BCUT2D eigenvalue weighted by Gasteiger charge is 2.53. The second kappa shape index (κ2) is 12.1. The Morgan fingerprint density at radius 3 is 2.32 bits per heavy atom. The number of unbranched alkanes of at least 4 members (excludes halogenated alkanes) is 1. The Hall–Kier alpha value is -3.22. The van der Waals surface area contributed by atoms with E-state index < -0.39 is 20.5 Å². The minimum absolute atomic E-state index is 0.00812. The third kappa shape index (κ3) is 6.08. The fourth-order valence-electron chi connectivity index (χ4n) is 4.61. The van der Waals surface area contributed by atoms with Gasteiger partial charge in [0.05, 0.1) is 18.4 Å². The number of carbonyl (C=O) groups excluding carboxylic acids is 1. The molecule has 3 aromatic rings. The predicted octanol–water partition coefficient (Wildman–Crippen LogP) is 3.06. The predicted molar refractivity (Wildman–Crippen MR) is 142 cm³/mol. The molecule has 0 unspecified atom stereocenters. The Morgan fingerprint density at radius 2 is 1.71 bits per heavy atom. The van der Waals surface area contributed by atoms with Crippen LogP contribution < -0.4 is 10.2 Å². The monoisotopic (exact) mass is 537 g/mol. The number of nitrogens with one attached hydrogen (secondary N) is 1. The van der Waals surface area contributed by atoms with Gasteiger partial charge in [-0.1, -0.05) is 35.7 Å². The van der Waals surface area contributed by atoms with E-state index in [2.05, 4.69) is 10.3 Å². The first kappa shape index (κ1) is 27.8. The molecule has 1 fully saturated rings. The van der Waals surface area contributed by atoms with Gasteiger partial charge in [0.2, 0.25) is 0 Å². The number of hydrogen-bond donors (Lipinski definition) is 2. The third-order valence-electron chi connectivity index (χ3n) is 6.90. The van der Waals surface area contributed by atoms with Crippen LogP contribution in [-0.2, 0) is 27.7 Å². The highest BCUT2D eigenvalue weighted by Crippen LogP contribution is 2.37. The van der Waals surface area contributed by atoms with Crippen molar-refractivity contribution in [1.82, 2.24) is 25.4 Å². The van der Waals surface area contributed by atoms with Gasteiger partial charge in [-0.15, -0.1) is 5.10 Å². The van der Waals surface area contributed by atoms with E-state index in [1.807, 2.05) is 42.3 Å². The molecule has 200 valence electrons. The fourth-order valence-corrected chi connectivity index (χ4v) is 6.57. The number of aromatic nitrogens is 3. The number of rotatable bonds is 11. The van der Waals surface area contributed by atoms with E-state index in [1.54, 1.807) is 22.3 Å². The Morgan fingerprint density at radius 1 is 1.08 bits per heavy atom. The summed E-state index contributed by atoms with van der Waals surface area (Å²) in [6, 6.07) is 13.5. The number of hydrogen-bond acceptors (Lipinski definition) is 8. The Bertz CT molecular complexity index is 1320. The van der Waals surface area contributed by atoms with Crippen molar-refractivity contribution in [1.29, 1.82) is 0 Å².